The molecule has 0 aliphatic carbocycles. The quantitative estimate of drug-likeness (QED) is 0.864. The summed E-state index contributed by atoms with van der Waals surface area (Å²) in [6.07, 6.45) is 1.60. The summed E-state index contributed by atoms with van der Waals surface area (Å²) < 4.78 is 1.83. The van der Waals surface area contributed by atoms with Crippen LogP contribution in [0.3, 0.4) is 0 Å². The zero-order valence-electron chi connectivity index (χ0n) is 10.3. The molecule has 0 saturated carbocycles. The van der Waals surface area contributed by atoms with Gasteiger partial charge in [0.05, 0.1) is 24.5 Å². The number of aliphatic hydroxyl groups excluding tert-OH is 1. The van der Waals surface area contributed by atoms with E-state index in [1.165, 1.54) is 4.68 Å². The minimum atomic E-state index is -0.169. The summed E-state index contributed by atoms with van der Waals surface area (Å²) in [7, 11) is 0. The van der Waals surface area contributed by atoms with E-state index in [1.807, 2.05) is 20.8 Å². The third-order valence-corrected chi connectivity index (χ3v) is 3.39. The first-order valence-electron chi connectivity index (χ1n) is 5.64. The van der Waals surface area contributed by atoms with Crippen molar-refractivity contribution in [2.45, 2.75) is 33.4 Å². The summed E-state index contributed by atoms with van der Waals surface area (Å²) >= 11 is 3.26. The zero-order chi connectivity index (χ0) is 13.0. The van der Waals surface area contributed by atoms with E-state index in [1.54, 1.807) is 6.20 Å². The van der Waals surface area contributed by atoms with Crippen molar-refractivity contribution in [1.82, 2.24) is 9.78 Å². The maximum atomic E-state index is 11.8. The van der Waals surface area contributed by atoms with E-state index in [-0.39, 0.29) is 24.1 Å². The molecule has 0 aliphatic heterocycles. The van der Waals surface area contributed by atoms with Gasteiger partial charge >= 0.3 is 0 Å². The number of aliphatic hydroxyl groups is 1. The summed E-state index contributed by atoms with van der Waals surface area (Å²) in [5.41, 5.74) is 0.449. The van der Waals surface area contributed by atoms with Crippen LogP contribution in [0.1, 0.15) is 20.8 Å². The highest BCUT2D eigenvalue weighted by molar-refractivity contribution is 9.10. The van der Waals surface area contributed by atoms with E-state index >= 15 is 0 Å². The van der Waals surface area contributed by atoms with Crippen LogP contribution < -0.4 is 10.9 Å². The fourth-order valence-corrected chi connectivity index (χ4v) is 1.84. The molecule has 0 amide bonds. The Morgan fingerprint density at radius 1 is 1.59 bits per heavy atom. The van der Waals surface area contributed by atoms with Crippen molar-refractivity contribution in [2.75, 3.05) is 11.9 Å². The SMILES string of the molecule is CCn1ncc(N[C@H](CO)C(C)C)c(Br)c1=O. The van der Waals surface area contributed by atoms with Crippen molar-refractivity contribution >= 4 is 21.6 Å². The lowest BCUT2D eigenvalue weighted by Gasteiger charge is -2.21. The second-order valence-corrected chi connectivity index (χ2v) is 4.96. The van der Waals surface area contributed by atoms with Gasteiger partial charge in [-0.3, -0.25) is 4.79 Å². The third kappa shape index (κ3) is 3.29. The average Bonchev–Trinajstić information content (AvgIpc) is 2.30. The largest absolute Gasteiger partial charge is 0.394 e. The summed E-state index contributed by atoms with van der Waals surface area (Å²) in [6, 6.07) is -0.0926. The Kier molecular flexibility index (Phi) is 5.14. The molecule has 2 N–H and O–H groups in total. The van der Waals surface area contributed by atoms with Crippen molar-refractivity contribution in [1.29, 1.82) is 0 Å². The first-order chi connectivity index (χ1) is 8.01. The maximum Gasteiger partial charge on any atom is 0.283 e. The number of rotatable bonds is 5. The van der Waals surface area contributed by atoms with Crippen LogP contribution in [-0.4, -0.2) is 27.5 Å². The molecule has 0 aliphatic rings. The first-order valence-corrected chi connectivity index (χ1v) is 6.43. The van der Waals surface area contributed by atoms with Gasteiger partial charge in [-0.05, 0) is 28.8 Å². The molecule has 1 rings (SSSR count). The van der Waals surface area contributed by atoms with Crippen molar-refractivity contribution in [3.05, 3.63) is 21.0 Å². The van der Waals surface area contributed by atoms with Crippen LogP contribution >= 0.6 is 15.9 Å². The fourth-order valence-electron chi connectivity index (χ4n) is 1.41. The van der Waals surface area contributed by atoms with E-state index in [0.717, 1.165) is 0 Å². The Hall–Kier alpha value is -0.880. The van der Waals surface area contributed by atoms with Gasteiger partial charge in [-0.25, -0.2) is 4.68 Å². The number of aromatic nitrogens is 2. The standard InChI is InChI=1S/C11H18BrN3O2/c1-4-15-11(17)10(12)8(5-13-15)14-9(6-16)7(2)3/h5,7,9,14,16H,4,6H2,1-3H3/t9-/m1/s1. The lowest BCUT2D eigenvalue weighted by Crippen LogP contribution is -2.31. The summed E-state index contributed by atoms with van der Waals surface area (Å²) in [4.78, 5) is 11.8. The van der Waals surface area contributed by atoms with E-state index in [0.29, 0.717) is 16.7 Å². The lowest BCUT2D eigenvalue weighted by atomic mass is 10.1. The summed E-state index contributed by atoms with van der Waals surface area (Å²) in [5, 5.41) is 16.4. The van der Waals surface area contributed by atoms with Gasteiger partial charge in [0, 0.05) is 6.54 Å². The number of hydrogen-bond acceptors (Lipinski definition) is 4. The monoisotopic (exact) mass is 303 g/mol. The average molecular weight is 304 g/mol. The van der Waals surface area contributed by atoms with Crippen LogP contribution in [0.4, 0.5) is 5.69 Å². The van der Waals surface area contributed by atoms with Crippen molar-refractivity contribution in [3.8, 4) is 0 Å². The van der Waals surface area contributed by atoms with Gasteiger partial charge in [0.25, 0.3) is 5.56 Å². The molecule has 1 aromatic rings. The molecule has 5 nitrogen and oxygen atoms in total. The molecule has 1 atom stereocenters. The molecule has 0 fully saturated rings. The Morgan fingerprint density at radius 2 is 2.24 bits per heavy atom. The minimum absolute atomic E-state index is 0.0149. The van der Waals surface area contributed by atoms with Crippen LogP contribution in [0.2, 0.25) is 0 Å². The number of aryl methyl sites for hydroxylation is 1. The molecule has 1 aromatic heterocycles. The normalized spacial score (nSPS) is 12.8. The van der Waals surface area contributed by atoms with E-state index in [4.69, 9.17) is 0 Å². The molecule has 1 heterocycles. The molecule has 96 valence electrons. The molecule has 0 spiro atoms. The number of halogens is 1. The molecular formula is C11H18BrN3O2. The summed E-state index contributed by atoms with van der Waals surface area (Å²) in [6.45, 7) is 6.41. The molecule has 0 unspecified atom stereocenters. The Balaban J connectivity index is 3.00. The number of nitrogens with zero attached hydrogens (tertiary/aromatic N) is 2. The first kappa shape index (κ1) is 14.2. The molecule has 0 saturated heterocycles. The van der Waals surface area contributed by atoms with Gasteiger partial charge in [0.1, 0.15) is 4.47 Å². The molecule has 17 heavy (non-hydrogen) atoms. The molecular weight excluding hydrogens is 286 g/mol. The van der Waals surface area contributed by atoms with Crippen LogP contribution in [-0.2, 0) is 6.54 Å². The van der Waals surface area contributed by atoms with E-state index < -0.39 is 0 Å². The second-order valence-electron chi connectivity index (χ2n) is 4.17. The lowest BCUT2D eigenvalue weighted by molar-refractivity contribution is 0.249. The van der Waals surface area contributed by atoms with E-state index in [9.17, 15) is 9.90 Å². The van der Waals surface area contributed by atoms with Gasteiger partial charge in [0.15, 0.2) is 0 Å². The third-order valence-electron chi connectivity index (χ3n) is 2.63. The van der Waals surface area contributed by atoms with Crippen molar-refractivity contribution in [2.24, 2.45) is 5.92 Å². The van der Waals surface area contributed by atoms with Gasteiger partial charge in [-0.1, -0.05) is 13.8 Å². The highest BCUT2D eigenvalue weighted by Crippen LogP contribution is 2.19. The predicted molar refractivity (Wildman–Crippen MR) is 71.2 cm³/mol. The highest BCUT2D eigenvalue weighted by atomic mass is 79.9. The molecule has 6 heteroatoms. The fraction of sp³-hybridized carbons (Fsp3) is 0.636. The molecule has 0 aromatic carbocycles. The molecule has 0 radical (unpaired) electrons. The maximum absolute atomic E-state index is 11.8. The smallest absolute Gasteiger partial charge is 0.283 e. The van der Waals surface area contributed by atoms with Crippen LogP contribution in [0.15, 0.2) is 15.5 Å². The molecule has 0 bridgehead atoms. The number of hydrogen-bond donors (Lipinski definition) is 2. The van der Waals surface area contributed by atoms with Crippen LogP contribution in [0, 0.1) is 5.92 Å². The van der Waals surface area contributed by atoms with Crippen LogP contribution in [0.5, 0.6) is 0 Å². The van der Waals surface area contributed by atoms with Gasteiger partial charge in [0.2, 0.25) is 0 Å². The topological polar surface area (TPSA) is 67.2 Å². The Morgan fingerprint density at radius 3 is 2.71 bits per heavy atom. The van der Waals surface area contributed by atoms with Crippen molar-refractivity contribution in [3.63, 3.8) is 0 Å². The Labute approximate surface area is 109 Å². The van der Waals surface area contributed by atoms with Gasteiger partial charge < -0.3 is 10.4 Å². The minimum Gasteiger partial charge on any atom is -0.394 e. The zero-order valence-corrected chi connectivity index (χ0v) is 11.9. The highest BCUT2D eigenvalue weighted by Gasteiger charge is 2.15. The predicted octanol–water partition coefficient (Wildman–Crippen LogP) is 1.45. The second kappa shape index (κ2) is 6.16. The van der Waals surface area contributed by atoms with Gasteiger partial charge in [-0.2, -0.15) is 5.10 Å². The summed E-state index contributed by atoms with van der Waals surface area (Å²) in [5.74, 6) is 0.264. The number of anilines is 1. The Bertz CT molecular complexity index is 431. The number of nitrogens with one attached hydrogen (secondary N) is 1. The van der Waals surface area contributed by atoms with Crippen molar-refractivity contribution < 1.29 is 5.11 Å². The van der Waals surface area contributed by atoms with E-state index in [2.05, 4.69) is 26.3 Å². The van der Waals surface area contributed by atoms with Gasteiger partial charge in [-0.15, -0.1) is 0 Å². The van der Waals surface area contributed by atoms with Crippen LogP contribution in [0.25, 0.3) is 0 Å².